The Labute approximate surface area is 147 Å². The summed E-state index contributed by atoms with van der Waals surface area (Å²) in [6.07, 6.45) is 0. The zero-order chi connectivity index (χ0) is 18.6. The molecular weight excluding hydrogens is 344 g/mol. The van der Waals surface area contributed by atoms with Crippen molar-refractivity contribution in [1.29, 1.82) is 0 Å². The molecule has 2 rings (SSSR count). The Morgan fingerprint density at radius 2 is 1.72 bits per heavy atom. The fourth-order valence-corrected chi connectivity index (χ4v) is 3.98. The normalized spacial score (nSPS) is 11.0. The van der Waals surface area contributed by atoms with Gasteiger partial charge in [0.1, 0.15) is 22.9 Å². The molecule has 0 bridgehead atoms. The molecule has 0 heterocycles. The maximum absolute atomic E-state index is 13.2. The van der Waals surface area contributed by atoms with Crippen molar-refractivity contribution in [3.05, 3.63) is 48.0 Å². The van der Waals surface area contributed by atoms with E-state index in [-0.39, 0.29) is 10.6 Å². The second-order valence-corrected chi connectivity index (χ2v) is 7.16. The highest BCUT2D eigenvalue weighted by Gasteiger charge is 2.29. The van der Waals surface area contributed by atoms with E-state index in [1.165, 1.54) is 20.3 Å². The molecule has 0 aliphatic heterocycles. The topological polar surface area (TPSA) is 98.9 Å². The number of hydrogen-bond acceptors (Lipinski definition) is 5. The summed E-state index contributed by atoms with van der Waals surface area (Å²) in [6, 6.07) is 11.1. The van der Waals surface area contributed by atoms with E-state index in [0.29, 0.717) is 11.4 Å². The molecule has 0 fully saturated rings. The molecule has 7 nitrogen and oxygen atoms in total. The van der Waals surface area contributed by atoms with Gasteiger partial charge in [0.25, 0.3) is 10.0 Å². The Bertz CT molecular complexity index is 863. The summed E-state index contributed by atoms with van der Waals surface area (Å²) in [6.45, 7) is 1.27. The van der Waals surface area contributed by atoms with Gasteiger partial charge in [-0.3, -0.25) is 9.10 Å². The summed E-state index contributed by atoms with van der Waals surface area (Å²) in [5.41, 5.74) is 6.30. The predicted octanol–water partition coefficient (Wildman–Crippen LogP) is 1.69. The maximum Gasteiger partial charge on any atom is 0.268 e. The minimum absolute atomic E-state index is 0.0351. The van der Waals surface area contributed by atoms with Crippen molar-refractivity contribution in [2.45, 2.75) is 11.8 Å². The summed E-state index contributed by atoms with van der Waals surface area (Å²) in [5.74, 6) is -0.0205. The van der Waals surface area contributed by atoms with Crippen LogP contribution in [0.25, 0.3) is 0 Å². The van der Waals surface area contributed by atoms with Gasteiger partial charge in [0.2, 0.25) is 5.91 Å². The van der Waals surface area contributed by atoms with E-state index in [0.717, 1.165) is 9.87 Å². The van der Waals surface area contributed by atoms with Crippen LogP contribution in [-0.4, -0.2) is 35.1 Å². The highest BCUT2D eigenvalue weighted by molar-refractivity contribution is 7.93. The molecule has 2 aromatic rings. The lowest BCUT2D eigenvalue weighted by Crippen LogP contribution is -2.38. The number of nitrogens with two attached hydrogens (primary N) is 1. The average molecular weight is 364 g/mol. The number of carbonyl (C=O) groups is 1. The average Bonchev–Trinajstić information content (AvgIpc) is 2.59. The molecular formula is C17H20N2O5S. The highest BCUT2D eigenvalue weighted by atomic mass is 32.2. The van der Waals surface area contributed by atoms with Crippen LogP contribution >= 0.6 is 0 Å². The van der Waals surface area contributed by atoms with Crippen molar-refractivity contribution in [3.8, 4) is 11.5 Å². The van der Waals surface area contributed by atoms with Crippen LogP contribution in [0.15, 0.2) is 47.4 Å². The van der Waals surface area contributed by atoms with Crippen LogP contribution < -0.4 is 19.5 Å². The molecule has 8 heteroatoms. The number of primary amides is 1. The number of nitrogens with zero attached hydrogens (tertiary/aromatic N) is 1. The number of ether oxygens (including phenoxy) is 2. The molecule has 0 aliphatic rings. The first-order valence-corrected chi connectivity index (χ1v) is 8.83. The number of methoxy groups -OCH3 is 2. The van der Waals surface area contributed by atoms with Crippen molar-refractivity contribution in [1.82, 2.24) is 0 Å². The van der Waals surface area contributed by atoms with Crippen LogP contribution in [0.1, 0.15) is 5.56 Å². The fourth-order valence-electron chi connectivity index (χ4n) is 2.31. The standard InChI is InChI=1S/C17H20N2O5S/c1-12-4-9-15(24-3)16(10-12)25(21,22)19(11-17(18)20)13-5-7-14(23-2)8-6-13/h4-10H,11H2,1-3H3,(H2,18,20). The Morgan fingerprint density at radius 3 is 2.24 bits per heavy atom. The van der Waals surface area contributed by atoms with Gasteiger partial charge >= 0.3 is 0 Å². The Balaban J connectivity index is 2.59. The minimum atomic E-state index is -4.07. The van der Waals surface area contributed by atoms with E-state index in [1.807, 2.05) is 0 Å². The smallest absolute Gasteiger partial charge is 0.268 e. The monoisotopic (exact) mass is 364 g/mol. The van der Waals surface area contributed by atoms with Crippen molar-refractivity contribution < 1.29 is 22.7 Å². The number of amides is 1. The van der Waals surface area contributed by atoms with Crippen LogP contribution in [0.3, 0.4) is 0 Å². The first-order valence-electron chi connectivity index (χ1n) is 7.39. The van der Waals surface area contributed by atoms with Crippen LogP contribution in [0.4, 0.5) is 5.69 Å². The summed E-state index contributed by atoms with van der Waals surface area (Å²) in [5, 5.41) is 0. The minimum Gasteiger partial charge on any atom is -0.497 e. The lowest BCUT2D eigenvalue weighted by atomic mass is 10.2. The molecule has 134 valence electrons. The third kappa shape index (κ3) is 4.03. The molecule has 0 aliphatic carbocycles. The largest absolute Gasteiger partial charge is 0.497 e. The number of rotatable bonds is 7. The van der Waals surface area contributed by atoms with Crippen molar-refractivity contribution in [2.24, 2.45) is 5.73 Å². The summed E-state index contributed by atoms with van der Waals surface area (Å²) in [7, 11) is -1.18. The van der Waals surface area contributed by atoms with Gasteiger partial charge < -0.3 is 15.2 Å². The molecule has 0 saturated heterocycles. The molecule has 0 unspecified atom stereocenters. The maximum atomic E-state index is 13.2. The molecule has 0 saturated carbocycles. The molecule has 1 amide bonds. The Morgan fingerprint density at radius 1 is 1.08 bits per heavy atom. The zero-order valence-electron chi connectivity index (χ0n) is 14.2. The lowest BCUT2D eigenvalue weighted by molar-refractivity contribution is -0.116. The fraction of sp³-hybridized carbons (Fsp3) is 0.235. The van der Waals surface area contributed by atoms with Crippen molar-refractivity contribution >= 4 is 21.6 Å². The van der Waals surface area contributed by atoms with Gasteiger partial charge in [-0.25, -0.2) is 8.42 Å². The number of carbonyl (C=O) groups excluding carboxylic acids is 1. The molecule has 0 spiro atoms. The van der Waals surface area contributed by atoms with Crippen molar-refractivity contribution in [3.63, 3.8) is 0 Å². The predicted molar refractivity (Wildman–Crippen MR) is 94.5 cm³/mol. The lowest BCUT2D eigenvalue weighted by Gasteiger charge is -2.24. The second-order valence-electron chi connectivity index (χ2n) is 5.33. The third-order valence-electron chi connectivity index (χ3n) is 3.55. The van der Waals surface area contributed by atoms with Gasteiger partial charge in [-0.05, 0) is 48.9 Å². The Hall–Kier alpha value is -2.74. The molecule has 2 aromatic carbocycles. The molecule has 2 N–H and O–H groups in total. The van der Waals surface area contributed by atoms with Crippen LogP contribution in [-0.2, 0) is 14.8 Å². The van der Waals surface area contributed by atoms with E-state index in [4.69, 9.17) is 15.2 Å². The number of anilines is 1. The highest BCUT2D eigenvalue weighted by Crippen LogP contribution is 2.31. The quantitative estimate of drug-likeness (QED) is 0.806. The number of sulfonamides is 1. The van der Waals surface area contributed by atoms with E-state index >= 15 is 0 Å². The molecule has 0 atom stereocenters. The van der Waals surface area contributed by atoms with E-state index < -0.39 is 22.5 Å². The van der Waals surface area contributed by atoms with Gasteiger partial charge in [-0.2, -0.15) is 0 Å². The van der Waals surface area contributed by atoms with E-state index in [1.54, 1.807) is 43.3 Å². The summed E-state index contributed by atoms with van der Waals surface area (Å²) >= 11 is 0. The number of hydrogen-bond donors (Lipinski definition) is 1. The molecule has 0 aromatic heterocycles. The summed E-state index contributed by atoms with van der Waals surface area (Å²) in [4.78, 5) is 11.4. The Kier molecular flexibility index (Phi) is 5.53. The third-order valence-corrected chi connectivity index (χ3v) is 5.34. The van der Waals surface area contributed by atoms with Gasteiger partial charge in [0, 0.05) is 0 Å². The van der Waals surface area contributed by atoms with Gasteiger partial charge in [-0.15, -0.1) is 0 Å². The summed E-state index contributed by atoms with van der Waals surface area (Å²) < 4.78 is 37.5. The van der Waals surface area contributed by atoms with Gasteiger partial charge in [-0.1, -0.05) is 6.07 Å². The van der Waals surface area contributed by atoms with E-state index in [9.17, 15) is 13.2 Å². The second kappa shape index (κ2) is 7.43. The molecule has 25 heavy (non-hydrogen) atoms. The van der Waals surface area contributed by atoms with Gasteiger partial charge in [0.15, 0.2) is 0 Å². The van der Waals surface area contributed by atoms with Crippen molar-refractivity contribution in [2.75, 3.05) is 25.1 Å². The van der Waals surface area contributed by atoms with Crippen LogP contribution in [0, 0.1) is 6.92 Å². The number of benzene rings is 2. The zero-order valence-corrected chi connectivity index (χ0v) is 15.0. The first-order chi connectivity index (χ1) is 11.8. The number of aryl methyl sites for hydroxylation is 1. The first kappa shape index (κ1) is 18.6. The molecule has 0 radical (unpaired) electrons. The van der Waals surface area contributed by atoms with Crippen LogP contribution in [0.2, 0.25) is 0 Å². The SMILES string of the molecule is COc1ccc(N(CC(N)=O)S(=O)(=O)c2cc(C)ccc2OC)cc1. The van der Waals surface area contributed by atoms with Crippen LogP contribution in [0.5, 0.6) is 11.5 Å². The van der Waals surface area contributed by atoms with Gasteiger partial charge in [0.05, 0.1) is 19.9 Å². The van der Waals surface area contributed by atoms with E-state index in [2.05, 4.69) is 0 Å².